The average Bonchev–Trinajstić information content (AvgIpc) is 2.30. The topological polar surface area (TPSA) is 81.9 Å². The molecule has 0 saturated carbocycles. The number of aliphatic hydroxyl groups is 1. The molecular formula is C10H12N2O3. The Balaban J connectivity index is 3.18. The Hall–Kier alpha value is -1.88. The van der Waals surface area contributed by atoms with E-state index < -0.39 is 5.91 Å². The number of hydrogen-bond donors (Lipinski definition) is 3. The second kappa shape index (κ2) is 5.11. The van der Waals surface area contributed by atoms with Crippen molar-refractivity contribution >= 4 is 11.6 Å². The number of nitrogens with one attached hydrogen (secondary N) is 1. The highest BCUT2D eigenvalue weighted by Crippen LogP contribution is 2.10. The van der Waals surface area contributed by atoms with Gasteiger partial charge in [-0.2, -0.15) is 0 Å². The van der Waals surface area contributed by atoms with Crippen LogP contribution in [0.4, 0.5) is 0 Å². The Bertz CT molecular complexity index is 388. The molecule has 0 spiro atoms. The van der Waals surface area contributed by atoms with Gasteiger partial charge in [-0.1, -0.05) is 29.4 Å². The number of aliphatic hydroxyl groups excluding tert-OH is 1. The van der Waals surface area contributed by atoms with E-state index in [-0.39, 0.29) is 12.3 Å². The molecule has 0 aliphatic carbocycles. The number of carbonyl (C=O) groups is 1. The van der Waals surface area contributed by atoms with Gasteiger partial charge in [0.2, 0.25) is 0 Å². The van der Waals surface area contributed by atoms with Crippen molar-refractivity contribution < 1.29 is 15.1 Å². The zero-order chi connectivity index (χ0) is 11.3. The lowest BCUT2D eigenvalue weighted by Gasteiger charge is -2.07. The maximum absolute atomic E-state index is 11.3. The van der Waals surface area contributed by atoms with Crippen molar-refractivity contribution in [1.82, 2.24) is 5.32 Å². The second-order valence-corrected chi connectivity index (χ2v) is 2.84. The molecule has 3 N–H and O–H groups in total. The summed E-state index contributed by atoms with van der Waals surface area (Å²) in [6.45, 7) is -0.216. The summed E-state index contributed by atoms with van der Waals surface area (Å²) in [5.41, 5.74) is 0.845. The molecule has 0 aliphatic rings. The van der Waals surface area contributed by atoms with Gasteiger partial charge in [0, 0.05) is 12.6 Å². The van der Waals surface area contributed by atoms with Gasteiger partial charge < -0.3 is 15.6 Å². The fraction of sp³-hybridized carbons (Fsp3) is 0.200. The number of benzene rings is 1. The second-order valence-electron chi connectivity index (χ2n) is 2.84. The van der Waals surface area contributed by atoms with Crippen LogP contribution in [0.2, 0.25) is 0 Å². The molecule has 0 fully saturated rings. The summed E-state index contributed by atoms with van der Waals surface area (Å²) in [5, 5.41) is 23.1. The van der Waals surface area contributed by atoms with Crippen LogP contribution in [0, 0.1) is 0 Å². The van der Waals surface area contributed by atoms with Crippen LogP contribution >= 0.6 is 0 Å². The lowest BCUT2D eigenvalue weighted by Crippen LogP contribution is -2.29. The zero-order valence-corrected chi connectivity index (χ0v) is 8.27. The lowest BCUT2D eigenvalue weighted by atomic mass is 10.0. The van der Waals surface area contributed by atoms with E-state index in [2.05, 4.69) is 10.5 Å². The lowest BCUT2D eigenvalue weighted by molar-refractivity contribution is -0.114. The van der Waals surface area contributed by atoms with Crippen LogP contribution in [0.25, 0.3) is 0 Å². The van der Waals surface area contributed by atoms with E-state index >= 15 is 0 Å². The van der Waals surface area contributed by atoms with Crippen LogP contribution < -0.4 is 5.32 Å². The minimum Gasteiger partial charge on any atom is -0.410 e. The predicted molar refractivity (Wildman–Crippen MR) is 54.8 cm³/mol. The third kappa shape index (κ3) is 2.32. The number of rotatable bonds is 3. The van der Waals surface area contributed by atoms with E-state index in [4.69, 9.17) is 10.3 Å². The first-order chi connectivity index (χ1) is 7.24. The minimum atomic E-state index is -0.501. The molecule has 0 radical (unpaired) electrons. The quantitative estimate of drug-likeness (QED) is 0.374. The van der Waals surface area contributed by atoms with Crippen LogP contribution in [0.3, 0.4) is 0 Å². The first-order valence-electron chi connectivity index (χ1n) is 4.37. The Kier molecular flexibility index (Phi) is 3.82. The number of likely N-dealkylation sites (N-methyl/N-ethyl adjacent to an activating group) is 1. The van der Waals surface area contributed by atoms with Gasteiger partial charge in [-0.05, 0) is 5.56 Å². The van der Waals surface area contributed by atoms with Crippen LogP contribution in [0.15, 0.2) is 29.4 Å². The standard InChI is InChI=1S/C10H12N2O3/c1-11-10(14)9(12-15)8-5-3-2-4-7(8)6-13/h2-5,13,15H,6H2,1H3,(H,11,14). The molecule has 0 saturated heterocycles. The summed E-state index contributed by atoms with van der Waals surface area (Å²) >= 11 is 0. The van der Waals surface area contributed by atoms with E-state index in [0.717, 1.165) is 0 Å². The van der Waals surface area contributed by atoms with Gasteiger partial charge in [0.25, 0.3) is 5.91 Å². The summed E-state index contributed by atoms with van der Waals surface area (Å²) in [6, 6.07) is 6.69. The molecule has 0 aliphatic heterocycles. The van der Waals surface area contributed by atoms with Crippen molar-refractivity contribution in [2.45, 2.75) is 6.61 Å². The molecule has 0 atom stereocenters. The molecule has 80 valence electrons. The molecule has 0 aromatic heterocycles. The Labute approximate surface area is 87.0 Å². The monoisotopic (exact) mass is 208 g/mol. The smallest absolute Gasteiger partial charge is 0.273 e. The van der Waals surface area contributed by atoms with Crippen molar-refractivity contribution in [3.05, 3.63) is 35.4 Å². The average molecular weight is 208 g/mol. The van der Waals surface area contributed by atoms with Crippen LogP contribution in [-0.2, 0) is 11.4 Å². The fourth-order valence-electron chi connectivity index (χ4n) is 1.23. The molecule has 1 aromatic rings. The maximum atomic E-state index is 11.3. The van der Waals surface area contributed by atoms with Gasteiger partial charge in [0.05, 0.1) is 6.61 Å². The highest BCUT2D eigenvalue weighted by atomic mass is 16.4. The van der Waals surface area contributed by atoms with Crippen LogP contribution in [0.1, 0.15) is 11.1 Å². The summed E-state index contributed by atoms with van der Waals surface area (Å²) in [4.78, 5) is 11.3. The zero-order valence-electron chi connectivity index (χ0n) is 8.27. The normalized spacial score (nSPS) is 11.2. The minimum absolute atomic E-state index is 0.109. The summed E-state index contributed by atoms with van der Waals surface area (Å²) in [7, 11) is 1.44. The summed E-state index contributed by atoms with van der Waals surface area (Å²) in [5.74, 6) is -0.501. The van der Waals surface area contributed by atoms with Crippen molar-refractivity contribution in [3.8, 4) is 0 Å². The van der Waals surface area contributed by atoms with Gasteiger partial charge >= 0.3 is 0 Å². The van der Waals surface area contributed by atoms with Crippen LogP contribution in [0.5, 0.6) is 0 Å². The van der Waals surface area contributed by atoms with Crippen LogP contribution in [-0.4, -0.2) is 29.0 Å². The Morgan fingerprint density at radius 1 is 1.47 bits per heavy atom. The fourth-order valence-corrected chi connectivity index (χ4v) is 1.23. The SMILES string of the molecule is CNC(=O)C(=NO)c1ccccc1CO. The number of hydrogen-bond acceptors (Lipinski definition) is 4. The molecule has 5 nitrogen and oxygen atoms in total. The van der Waals surface area contributed by atoms with Gasteiger partial charge in [-0.25, -0.2) is 0 Å². The Morgan fingerprint density at radius 2 is 2.13 bits per heavy atom. The molecule has 1 amide bonds. The first-order valence-corrected chi connectivity index (χ1v) is 4.37. The third-order valence-electron chi connectivity index (χ3n) is 1.98. The van der Waals surface area contributed by atoms with Crippen molar-refractivity contribution in [1.29, 1.82) is 0 Å². The van der Waals surface area contributed by atoms with Gasteiger partial charge in [0.1, 0.15) is 0 Å². The number of oxime groups is 1. The van der Waals surface area contributed by atoms with E-state index in [0.29, 0.717) is 11.1 Å². The molecule has 5 heteroatoms. The van der Waals surface area contributed by atoms with Gasteiger partial charge in [-0.15, -0.1) is 0 Å². The number of nitrogens with zero attached hydrogens (tertiary/aromatic N) is 1. The summed E-state index contributed by atoms with van der Waals surface area (Å²) in [6.07, 6.45) is 0. The largest absolute Gasteiger partial charge is 0.410 e. The molecule has 0 heterocycles. The highest BCUT2D eigenvalue weighted by Gasteiger charge is 2.15. The van der Waals surface area contributed by atoms with E-state index in [1.54, 1.807) is 24.3 Å². The molecular weight excluding hydrogens is 196 g/mol. The Morgan fingerprint density at radius 3 is 2.67 bits per heavy atom. The first kappa shape index (κ1) is 11.2. The van der Waals surface area contributed by atoms with E-state index in [1.807, 2.05) is 0 Å². The van der Waals surface area contributed by atoms with Crippen molar-refractivity contribution in [2.24, 2.45) is 5.16 Å². The third-order valence-corrected chi connectivity index (χ3v) is 1.98. The molecule has 15 heavy (non-hydrogen) atoms. The van der Waals surface area contributed by atoms with E-state index in [1.165, 1.54) is 7.05 Å². The predicted octanol–water partition coefficient (Wildman–Crippen LogP) is 0.103. The van der Waals surface area contributed by atoms with Crippen molar-refractivity contribution in [2.75, 3.05) is 7.05 Å². The molecule has 0 unspecified atom stereocenters. The van der Waals surface area contributed by atoms with Gasteiger partial charge in [-0.3, -0.25) is 4.79 Å². The number of carbonyl (C=O) groups excluding carboxylic acids is 1. The van der Waals surface area contributed by atoms with Crippen molar-refractivity contribution in [3.63, 3.8) is 0 Å². The van der Waals surface area contributed by atoms with E-state index in [9.17, 15) is 4.79 Å². The molecule has 1 aromatic carbocycles. The van der Waals surface area contributed by atoms with Gasteiger partial charge in [0.15, 0.2) is 5.71 Å². The highest BCUT2D eigenvalue weighted by molar-refractivity contribution is 6.45. The maximum Gasteiger partial charge on any atom is 0.273 e. The summed E-state index contributed by atoms with van der Waals surface area (Å²) < 4.78 is 0. The number of amides is 1. The molecule has 1 rings (SSSR count). The molecule has 0 bridgehead atoms.